The maximum Gasteiger partial charge on any atom is 0.240 e. The number of carbonyl (C=O) groups excluding carboxylic acids is 1. The minimum Gasteiger partial charge on any atom is -0.478 e. The Kier molecular flexibility index (Phi) is 4.88. The summed E-state index contributed by atoms with van der Waals surface area (Å²) in [7, 11) is 0. The first-order chi connectivity index (χ1) is 8.43. The Morgan fingerprint density at radius 1 is 1.50 bits per heavy atom. The summed E-state index contributed by atoms with van der Waals surface area (Å²) in [4.78, 5) is 19.7. The van der Waals surface area contributed by atoms with E-state index in [1.54, 1.807) is 6.07 Å². The van der Waals surface area contributed by atoms with Gasteiger partial charge >= 0.3 is 0 Å². The van der Waals surface area contributed by atoms with Crippen molar-refractivity contribution in [3.63, 3.8) is 0 Å². The van der Waals surface area contributed by atoms with Gasteiger partial charge < -0.3 is 15.8 Å². The fraction of sp³-hybridized carbons (Fsp3) is 0.583. The zero-order valence-corrected chi connectivity index (χ0v) is 11.2. The van der Waals surface area contributed by atoms with E-state index in [2.05, 4.69) is 15.3 Å². The molecular weight excluding hydrogens is 232 g/mol. The Hall–Kier alpha value is -1.85. The molecule has 1 aromatic rings. The molecule has 1 aromatic heterocycles. The highest BCUT2D eigenvalue weighted by Crippen LogP contribution is 2.14. The lowest BCUT2D eigenvalue weighted by atomic mass is 10.0. The Morgan fingerprint density at radius 3 is 2.67 bits per heavy atom. The Bertz CT molecular complexity index is 421. The van der Waals surface area contributed by atoms with Crippen molar-refractivity contribution in [2.24, 2.45) is 11.7 Å². The number of hydrogen-bond acceptors (Lipinski definition) is 5. The number of aryl methyl sites for hydroxylation is 1. The van der Waals surface area contributed by atoms with Crippen LogP contribution in [0.2, 0.25) is 0 Å². The molecule has 0 spiro atoms. The highest BCUT2D eigenvalue weighted by atomic mass is 16.5. The fourth-order valence-electron chi connectivity index (χ4n) is 1.53. The molecule has 0 saturated carbocycles. The zero-order chi connectivity index (χ0) is 13.7. The summed E-state index contributed by atoms with van der Waals surface area (Å²) < 4.78 is 5.32. The van der Waals surface area contributed by atoms with Crippen LogP contribution in [0.25, 0.3) is 0 Å². The summed E-state index contributed by atoms with van der Waals surface area (Å²) in [5.41, 5.74) is 6.10. The van der Waals surface area contributed by atoms with Crippen LogP contribution in [-0.2, 0) is 4.79 Å². The highest BCUT2D eigenvalue weighted by Gasteiger charge is 2.20. The number of rotatable bonds is 6. The lowest BCUT2D eigenvalue weighted by molar-refractivity contribution is -0.119. The molecule has 18 heavy (non-hydrogen) atoms. The molecule has 1 amide bonds. The van der Waals surface area contributed by atoms with Crippen molar-refractivity contribution < 1.29 is 9.53 Å². The molecular formula is C12H20N4O2. The molecule has 1 heterocycles. The Balaban J connectivity index is 2.91. The van der Waals surface area contributed by atoms with Gasteiger partial charge in [-0.1, -0.05) is 13.8 Å². The third kappa shape index (κ3) is 3.87. The minimum atomic E-state index is -0.499. The van der Waals surface area contributed by atoms with E-state index in [0.717, 1.165) is 5.69 Å². The van der Waals surface area contributed by atoms with Gasteiger partial charge in [0.05, 0.1) is 6.61 Å². The summed E-state index contributed by atoms with van der Waals surface area (Å²) in [5.74, 6) is 0.477. The van der Waals surface area contributed by atoms with Crippen molar-refractivity contribution in [2.45, 2.75) is 33.7 Å². The van der Waals surface area contributed by atoms with E-state index in [1.165, 1.54) is 0 Å². The van der Waals surface area contributed by atoms with Gasteiger partial charge in [-0.3, -0.25) is 4.79 Å². The molecule has 0 aliphatic carbocycles. The van der Waals surface area contributed by atoms with Gasteiger partial charge in [-0.2, -0.15) is 4.98 Å². The van der Waals surface area contributed by atoms with Crippen LogP contribution in [-0.4, -0.2) is 28.5 Å². The van der Waals surface area contributed by atoms with Crippen LogP contribution in [0, 0.1) is 12.8 Å². The van der Waals surface area contributed by atoms with E-state index in [4.69, 9.17) is 10.5 Å². The number of carbonyl (C=O) groups is 1. The van der Waals surface area contributed by atoms with Crippen molar-refractivity contribution in [2.75, 3.05) is 11.9 Å². The SMILES string of the molecule is CCOc1cc(C)nc(NC(C(N)=O)C(C)C)n1. The normalized spacial score (nSPS) is 12.3. The first-order valence-electron chi connectivity index (χ1n) is 5.98. The predicted molar refractivity (Wildman–Crippen MR) is 69.4 cm³/mol. The van der Waals surface area contributed by atoms with E-state index in [9.17, 15) is 4.79 Å². The van der Waals surface area contributed by atoms with Crippen LogP contribution in [0.15, 0.2) is 6.07 Å². The smallest absolute Gasteiger partial charge is 0.240 e. The lowest BCUT2D eigenvalue weighted by Crippen LogP contribution is -2.40. The summed E-state index contributed by atoms with van der Waals surface area (Å²) in [6, 6.07) is 1.24. The van der Waals surface area contributed by atoms with Gasteiger partial charge in [0.1, 0.15) is 6.04 Å². The number of aromatic nitrogens is 2. The molecule has 6 nitrogen and oxygen atoms in total. The molecule has 1 atom stereocenters. The van der Waals surface area contributed by atoms with Gasteiger partial charge in [-0.15, -0.1) is 0 Å². The molecule has 0 aliphatic rings. The second-order valence-electron chi connectivity index (χ2n) is 4.37. The maximum absolute atomic E-state index is 11.3. The quantitative estimate of drug-likeness (QED) is 0.791. The monoisotopic (exact) mass is 252 g/mol. The zero-order valence-electron chi connectivity index (χ0n) is 11.2. The summed E-state index contributed by atoms with van der Waals surface area (Å²) in [5, 5.41) is 2.94. The molecule has 100 valence electrons. The second-order valence-corrected chi connectivity index (χ2v) is 4.37. The van der Waals surface area contributed by atoms with Crippen LogP contribution in [0.1, 0.15) is 26.5 Å². The number of anilines is 1. The summed E-state index contributed by atoms with van der Waals surface area (Å²) in [6.07, 6.45) is 0. The Morgan fingerprint density at radius 2 is 2.17 bits per heavy atom. The highest BCUT2D eigenvalue weighted by molar-refractivity contribution is 5.82. The molecule has 1 rings (SSSR count). The van der Waals surface area contributed by atoms with Crippen LogP contribution < -0.4 is 15.8 Å². The van der Waals surface area contributed by atoms with Gasteiger partial charge in [-0.05, 0) is 19.8 Å². The number of nitrogens with zero attached hydrogens (tertiary/aromatic N) is 2. The van der Waals surface area contributed by atoms with Crippen LogP contribution >= 0.6 is 0 Å². The molecule has 0 fully saturated rings. The van der Waals surface area contributed by atoms with E-state index in [0.29, 0.717) is 18.4 Å². The van der Waals surface area contributed by atoms with Crippen molar-refractivity contribution in [1.29, 1.82) is 0 Å². The first kappa shape index (κ1) is 14.2. The number of ether oxygens (including phenoxy) is 1. The van der Waals surface area contributed by atoms with Crippen LogP contribution in [0.3, 0.4) is 0 Å². The van der Waals surface area contributed by atoms with Crippen molar-refractivity contribution >= 4 is 11.9 Å². The Labute approximate surface area is 107 Å². The number of primary amides is 1. The molecule has 3 N–H and O–H groups in total. The van der Waals surface area contributed by atoms with Crippen LogP contribution in [0.4, 0.5) is 5.95 Å². The standard InChI is InChI=1S/C12H20N4O2/c1-5-18-9-6-8(4)14-12(15-9)16-10(7(2)3)11(13)17/h6-7,10H,5H2,1-4H3,(H2,13,17)(H,14,15,16). The minimum absolute atomic E-state index is 0.0576. The number of amides is 1. The predicted octanol–water partition coefficient (Wildman–Crippen LogP) is 1.11. The third-order valence-corrected chi connectivity index (χ3v) is 2.38. The average molecular weight is 252 g/mol. The largest absolute Gasteiger partial charge is 0.478 e. The van der Waals surface area contributed by atoms with Crippen molar-refractivity contribution in [1.82, 2.24) is 9.97 Å². The maximum atomic E-state index is 11.3. The summed E-state index contributed by atoms with van der Waals surface area (Å²) in [6.45, 7) is 8.05. The van der Waals surface area contributed by atoms with Gasteiger partial charge in [0.2, 0.25) is 17.7 Å². The van der Waals surface area contributed by atoms with Crippen molar-refractivity contribution in [3.05, 3.63) is 11.8 Å². The number of nitrogens with two attached hydrogens (primary N) is 1. The molecule has 1 unspecified atom stereocenters. The molecule has 0 aliphatic heterocycles. The van der Waals surface area contributed by atoms with Crippen molar-refractivity contribution in [3.8, 4) is 5.88 Å². The van der Waals surface area contributed by atoms with E-state index >= 15 is 0 Å². The fourth-order valence-corrected chi connectivity index (χ4v) is 1.53. The van der Waals surface area contributed by atoms with E-state index in [1.807, 2.05) is 27.7 Å². The molecule has 6 heteroatoms. The van der Waals surface area contributed by atoms with E-state index in [-0.39, 0.29) is 5.92 Å². The lowest BCUT2D eigenvalue weighted by Gasteiger charge is -2.19. The molecule has 0 bridgehead atoms. The number of hydrogen-bond donors (Lipinski definition) is 2. The van der Waals surface area contributed by atoms with Gasteiger partial charge in [0.15, 0.2) is 0 Å². The molecule has 0 saturated heterocycles. The molecule has 0 aromatic carbocycles. The number of nitrogens with one attached hydrogen (secondary N) is 1. The molecule has 0 radical (unpaired) electrons. The summed E-state index contributed by atoms with van der Waals surface area (Å²) >= 11 is 0. The third-order valence-electron chi connectivity index (χ3n) is 2.38. The second kappa shape index (κ2) is 6.18. The topological polar surface area (TPSA) is 90.1 Å². The first-order valence-corrected chi connectivity index (χ1v) is 5.98. The van der Waals surface area contributed by atoms with Gasteiger partial charge in [0, 0.05) is 11.8 Å². The van der Waals surface area contributed by atoms with Crippen LogP contribution in [0.5, 0.6) is 5.88 Å². The van der Waals surface area contributed by atoms with Gasteiger partial charge in [-0.25, -0.2) is 4.98 Å². The van der Waals surface area contributed by atoms with E-state index < -0.39 is 11.9 Å². The van der Waals surface area contributed by atoms with Gasteiger partial charge in [0.25, 0.3) is 0 Å². The average Bonchev–Trinajstić information content (AvgIpc) is 2.24.